The number of rotatable bonds is 9. The van der Waals surface area contributed by atoms with Gasteiger partial charge >= 0.3 is 0 Å². The molecule has 0 aliphatic rings. The Hall–Kier alpha value is -0.790. The second-order valence-electron chi connectivity index (χ2n) is 3.33. The first kappa shape index (κ1) is 16.2. The molecule has 7 heteroatoms. The van der Waals surface area contributed by atoms with Crippen LogP contribution in [0.5, 0.6) is 0 Å². The average Bonchev–Trinajstić information content (AvgIpc) is 2.30. The van der Waals surface area contributed by atoms with Gasteiger partial charge in [-0.3, -0.25) is 9.59 Å². The van der Waals surface area contributed by atoms with Gasteiger partial charge in [-0.15, -0.1) is 0 Å². The Morgan fingerprint density at radius 2 is 2.00 bits per heavy atom. The normalized spacial score (nSPS) is 11.9. The largest absolute Gasteiger partial charge is 0.382 e. The highest BCUT2D eigenvalue weighted by Crippen LogP contribution is 1.88. The number of amides is 2. The van der Waals surface area contributed by atoms with Crippen LogP contribution in [-0.2, 0) is 19.1 Å². The van der Waals surface area contributed by atoms with Crippen LogP contribution < -0.4 is 10.6 Å². The van der Waals surface area contributed by atoms with E-state index in [1.165, 1.54) is 6.92 Å². The smallest absolute Gasteiger partial charge is 0.243 e. The molecule has 6 nitrogen and oxygen atoms in total. The van der Waals surface area contributed by atoms with Gasteiger partial charge in [-0.05, 0) is 0 Å². The molecular weight excluding hydrogens is 244 g/mol. The van der Waals surface area contributed by atoms with Gasteiger partial charge in [0.05, 0.1) is 19.8 Å². The zero-order valence-electron chi connectivity index (χ0n) is 10.2. The van der Waals surface area contributed by atoms with Crippen LogP contribution in [0.3, 0.4) is 0 Å². The van der Waals surface area contributed by atoms with Crippen LogP contribution in [0, 0.1) is 0 Å². The fourth-order valence-electron chi connectivity index (χ4n) is 1.05. The summed E-state index contributed by atoms with van der Waals surface area (Å²) in [5.74, 6) is -0.253. The number of carbonyl (C=O) groups is 2. The summed E-state index contributed by atoms with van der Waals surface area (Å²) in [5.41, 5.74) is 0. The van der Waals surface area contributed by atoms with E-state index >= 15 is 0 Å². The highest BCUT2D eigenvalue weighted by molar-refractivity contribution is 7.80. The third kappa shape index (κ3) is 8.96. The topological polar surface area (TPSA) is 76.7 Å². The molecule has 17 heavy (non-hydrogen) atoms. The molecule has 0 saturated carbocycles. The third-order valence-corrected chi connectivity index (χ3v) is 2.22. The molecule has 0 aromatic heterocycles. The fraction of sp³-hybridized carbons (Fsp3) is 0.800. The van der Waals surface area contributed by atoms with Gasteiger partial charge in [0.15, 0.2) is 0 Å². The first-order valence-corrected chi connectivity index (χ1v) is 5.97. The second kappa shape index (κ2) is 10.4. The van der Waals surface area contributed by atoms with Crippen LogP contribution in [-0.4, -0.2) is 57.1 Å². The van der Waals surface area contributed by atoms with Gasteiger partial charge in [0.25, 0.3) is 0 Å². The molecule has 0 bridgehead atoms. The highest BCUT2D eigenvalue weighted by Gasteiger charge is 2.16. The average molecular weight is 264 g/mol. The minimum atomic E-state index is -0.602. The molecule has 0 aromatic rings. The zero-order chi connectivity index (χ0) is 13.1. The van der Waals surface area contributed by atoms with Gasteiger partial charge in [-0.25, -0.2) is 0 Å². The minimum absolute atomic E-state index is 0.254. The summed E-state index contributed by atoms with van der Waals surface area (Å²) in [7, 11) is 1.59. The predicted molar refractivity (Wildman–Crippen MR) is 67.2 cm³/mol. The van der Waals surface area contributed by atoms with Gasteiger partial charge < -0.3 is 20.1 Å². The van der Waals surface area contributed by atoms with Crippen LogP contribution in [0.1, 0.15) is 6.92 Å². The zero-order valence-corrected chi connectivity index (χ0v) is 11.1. The van der Waals surface area contributed by atoms with Crippen LogP contribution in [0.15, 0.2) is 0 Å². The van der Waals surface area contributed by atoms with Gasteiger partial charge in [0, 0.05) is 26.3 Å². The fourth-order valence-corrected chi connectivity index (χ4v) is 1.31. The molecule has 0 aromatic carbocycles. The molecule has 0 spiro atoms. The third-order valence-electron chi connectivity index (χ3n) is 1.85. The van der Waals surface area contributed by atoms with E-state index in [0.29, 0.717) is 26.4 Å². The summed E-state index contributed by atoms with van der Waals surface area (Å²) in [6, 6.07) is -0.602. The summed E-state index contributed by atoms with van der Waals surface area (Å²) < 4.78 is 9.97. The van der Waals surface area contributed by atoms with Crippen LogP contribution >= 0.6 is 12.6 Å². The van der Waals surface area contributed by atoms with Crippen molar-refractivity contribution in [3.8, 4) is 0 Å². The molecule has 0 aliphatic heterocycles. The lowest BCUT2D eigenvalue weighted by atomic mass is 10.3. The van der Waals surface area contributed by atoms with Crippen molar-refractivity contribution in [3.63, 3.8) is 0 Å². The van der Waals surface area contributed by atoms with E-state index in [1.54, 1.807) is 7.11 Å². The maximum Gasteiger partial charge on any atom is 0.243 e. The maximum absolute atomic E-state index is 11.5. The van der Waals surface area contributed by atoms with E-state index in [9.17, 15) is 9.59 Å². The first-order valence-electron chi connectivity index (χ1n) is 5.34. The maximum atomic E-state index is 11.5. The number of methoxy groups -OCH3 is 1. The lowest BCUT2D eigenvalue weighted by molar-refractivity contribution is -0.127. The Labute approximate surface area is 107 Å². The van der Waals surface area contributed by atoms with E-state index in [0.717, 1.165) is 0 Å². The molecule has 2 N–H and O–H groups in total. The van der Waals surface area contributed by atoms with Crippen LogP contribution in [0.4, 0.5) is 0 Å². The van der Waals surface area contributed by atoms with Crippen molar-refractivity contribution in [2.24, 2.45) is 0 Å². The molecule has 0 fully saturated rings. The Balaban J connectivity index is 3.64. The monoisotopic (exact) mass is 264 g/mol. The number of carbonyl (C=O) groups excluding carboxylic acids is 2. The quantitative estimate of drug-likeness (QED) is 0.376. The molecule has 0 aliphatic carbocycles. The lowest BCUT2D eigenvalue weighted by Crippen LogP contribution is -2.48. The van der Waals surface area contributed by atoms with Crippen molar-refractivity contribution >= 4 is 24.4 Å². The Kier molecular flexibility index (Phi) is 9.89. The van der Waals surface area contributed by atoms with Crippen LogP contribution in [0.25, 0.3) is 0 Å². The summed E-state index contributed by atoms with van der Waals surface area (Å²) in [5, 5.41) is 5.15. The molecule has 1 atom stereocenters. The Morgan fingerprint density at radius 3 is 2.53 bits per heavy atom. The van der Waals surface area contributed by atoms with Gasteiger partial charge in [-0.1, -0.05) is 0 Å². The standard InChI is InChI=1S/C10H20N2O4S/c1-8(13)12-9(7-17)10(14)11-3-4-16-6-5-15-2/h9,17H,3-7H2,1-2H3,(H,11,14)(H,12,13). The Bertz CT molecular complexity index is 238. The SMILES string of the molecule is COCCOCCNC(=O)C(CS)NC(C)=O. The van der Waals surface area contributed by atoms with Crippen molar-refractivity contribution in [1.82, 2.24) is 10.6 Å². The lowest BCUT2D eigenvalue weighted by Gasteiger charge is -2.15. The number of thiol groups is 1. The molecule has 0 rings (SSSR count). The summed E-state index contributed by atoms with van der Waals surface area (Å²) in [6.07, 6.45) is 0. The van der Waals surface area contributed by atoms with Crippen molar-refractivity contribution in [1.29, 1.82) is 0 Å². The highest BCUT2D eigenvalue weighted by atomic mass is 32.1. The Morgan fingerprint density at radius 1 is 1.29 bits per heavy atom. The molecule has 0 radical (unpaired) electrons. The van der Waals surface area contributed by atoms with E-state index in [4.69, 9.17) is 9.47 Å². The summed E-state index contributed by atoms with van der Waals surface area (Å²) in [4.78, 5) is 22.3. The number of hydrogen-bond acceptors (Lipinski definition) is 5. The second-order valence-corrected chi connectivity index (χ2v) is 3.70. The summed E-state index contributed by atoms with van der Waals surface area (Å²) >= 11 is 4.00. The summed E-state index contributed by atoms with van der Waals surface area (Å²) in [6.45, 7) is 3.19. The van der Waals surface area contributed by atoms with Gasteiger partial charge in [0.2, 0.25) is 11.8 Å². The van der Waals surface area contributed by atoms with Crippen LogP contribution in [0.2, 0.25) is 0 Å². The molecule has 0 heterocycles. The molecular formula is C10H20N2O4S. The molecule has 2 amide bonds. The predicted octanol–water partition coefficient (Wildman–Crippen LogP) is -0.800. The van der Waals surface area contributed by atoms with Crippen molar-refractivity contribution < 1.29 is 19.1 Å². The minimum Gasteiger partial charge on any atom is -0.382 e. The van der Waals surface area contributed by atoms with E-state index < -0.39 is 6.04 Å². The number of nitrogens with one attached hydrogen (secondary N) is 2. The van der Waals surface area contributed by atoms with Crippen molar-refractivity contribution in [2.75, 3.05) is 39.2 Å². The van der Waals surface area contributed by atoms with E-state index in [2.05, 4.69) is 23.3 Å². The molecule has 1 unspecified atom stereocenters. The van der Waals surface area contributed by atoms with Crippen molar-refractivity contribution in [2.45, 2.75) is 13.0 Å². The van der Waals surface area contributed by atoms with Gasteiger partial charge in [0.1, 0.15) is 6.04 Å². The first-order chi connectivity index (χ1) is 8.11. The number of hydrogen-bond donors (Lipinski definition) is 3. The van der Waals surface area contributed by atoms with Gasteiger partial charge in [-0.2, -0.15) is 12.6 Å². The van der Waals surface area contributed by atoms with E-state index in [1.807, 2.05) is 0 Å². The van der Waals surface area contributed by atoms with E-state index in [-0.39, 0.29) is 17.6 Å². The molecule has 0 saturated heterocycles. The van der Waals surface area contributed by atoms with Crippen molar-refractivity contribution in [3.05, 3.63) is 0 Å². The molecule has 100 valence electrons. The number of ether oxygens (including phenoxy) is 2.